The van der Waals surface area contributed by atoms with Crippen LogP contribution in [0.5, 0.6) is 0 Å². The zero-order valence-corrected chi connectivity index (χ0v) is 16.9. The number of anilines is 1. The molecule has 1 aliphatic carbocycles. The van der Waals surface area contributed by atoms with E-state index in [4.69, 9.17) is 4.52 Å². The zero-order valence-electron chi connectivity index (χ0n) is 16.1. The van der Waals surface area contributed by atoms with Crippen LogP contribution in [0.15, 0.2) is 39.8 Å². The van der Waals surface area contributed by atoms with Gasteiger partial charge in [0.25, 0.3) is 0 Å². The number of nitrogens with zero attached hydrogens (tertiary/aromatic N) is 1. The third-order valence-electron chi connectivity index (χ3n) is 5.07. The molecule has 1 fully saturated rings. The molecule has 1 N–H and O–H groups in total. The van der Waals surface area contributed by atoms with Gasteiger partial charge in [0.1, 0.15) is 5.76 Å². The Labute approximate surface area is 166 Å². The molecule has 1 amide bonds. The number of carbonyl (C=O) groups is 1. The molecule has 0 unspecified atom stereocenters. The summed E-state index contributed by atoms with van der Waals surface area (Å²) in [6.07, 6.45) is -3.91. The van der Waals surface area contributed by atoms with Crippen molar-refractivity contribution in [2.45, 2.75) is 61.3 Å². The van der Waals surface area contributed by atoms with Gasteiger partial charge < -0.3 is 9.84 Å². The lowest BCUT2D eigenvalue weighted by Gasteiger charge is -2.39. The summed E-state index contributed by atoms with van der Waals surface area (Å²) in [5, 5.41) is 6.25. The standard InChI is InChI=1S/C19H21F3N2O4S/c1-17(2,3)14-11-15(24-28-14)23-16(25)18(9-4-10-18)29(26,27)13-7-5-12(6-8-13)19(20,21)22/h5-8,11H,4,9-10H2,1-3H3,(H,23,24,25). The van der Waals surface area contributed by atoms with Gasteiger partial charge in [0.05, 0.1) is 10.5 Å². The molecule has 0 saturated heterocycles. The summed E-state index contributed by atoms with van der Waals surface area (Å²) in [6, 6.07) is 4.70. The monoisotopic (exact) mass is 430 g/mol. The highest BCUT2D eigenvalue weighted by molar-refractivity contribution is 7.93. The van der Waals surface area contributed by atoms with Crippen LogP contribution in [-0.2, 0) is 26.2 Å². The second-order valence-corrected chi connectivity index (χ2v) is 10.4. The minimum absolute atomic E-state index is 0.0756. The van der Waals surface area contributed by atoms with Crippen molar-refractivity contribution in [3.8, 4) is 0 Å². The Morgan fingerprint density at radius 1 is 1.14 bits per heavy atom. The summed E-state index contributed by atoms with van der Waals surface area (Å²) in [7, 11) is -4.20. The lowest BCUT2D eigenvalue weighted by Crippen LogP contribution is -2.54. The summed E-state index contributed by atoms with van der Waals surface area (Å²) in [6.45, 7) is 5.67. The largest absolute Gasteiger partial charge is 0.416 e. The first kappa shape index (κ1) is 21.4. The molecule has 1 aliphatic rings. The number of hydrogen-bond donors (Lipinski definition) is 1. The molecular weight excluding hydrogens is 409 g/mol. The maximum atomic E-state index is 13.1. The maximum Gasteiger partial charge on any atom is 0.416 e. The molecule has 0 spiro atoms. The van der Waals surface area contributed by atoms with Gasteiger partial charge in [0, 0.05) is 11.5 Å². The zero-order chi connectivity index (χ0) is 21.7. The van der Waals surface area contributed by atoms with E-state index in [0.29, 0.717) is 24.3 Å². The Balaban J connectivity index is 1.88. The fourth-order valence-corrected chi connectivity index (χ4v) is 5.15. The number of halogens is 3. The fourth-order valence-electron chi connectivity index (χ4n) is 3.08. The van der Waals surface area contributed by atoms with Crippen molar-refractivity contribution in [2.75, 3.05) is 5.32 Å². The molecule has 0 atom stereocenters. The Kier molecular flexibility index (Phi) is 5.05. The molecule has 158 valence electrons. The first-order valence-corrected chi connectivity index (χ1v) is 10.5. The summed E-state index contributed by atoms with van der Waals surface area (Å²) in [5.41, 5.74) is -1.31. The van der Waals surface area contributed by atoms with E-state index in [1.807, 2.05) is 20.8 Å². The number of amides is 1. The Hall–Kier alpha value is -2.36. The quantitative estimate of drug-likeness (QED) is 0.780. The van der Waals surface area contributed by atoms with Crippen molar-refractivity contribution in [2.24, 2.45) is 0 Å². The van der Waals surface area contributed by atoms with E-state index in [2.05, 4.69) is 10.5 Å². The summed E-state index contributed by atoms with van der Waals surface area (Å²) in [5.74, 6) is -0.160. The van der Waals surface area contributed by atoms with Gasteiger partial charge in [-0.05, 0) is 43.5 Å². The SMILES string of the molecule is CC(C)(C)c1cc(NC(=O)C2(S(=O)(=O)c3ccc(C(F)(F)F)cc3)CCC2)no1. The number of carbonyl (C=O) groups excluding carboxylic acids is 1. The average Bonchev–Trinajstić information content (AvgIpc) is 3.01. The second-order valence-electron chi connectivity index (χ2n) is 8.15. The number of aromatic nitrogens is 1. The highest BCUT2D eigenvalue weighted by Gasteiger charge is 2.56. The molecule has 1 aromatic carbocycles. The fraction of sp³-hybridized carbons (Fsp3) is 0.474. The third-order valence-corrected chi connectivity index (χ3v) is 7.59. The molecule has 0 radical (unpaired) electrons. The van der Waals surface area contributed by atoms with Crippen LogP contribution in [0, 0.1) is 0 Å². The van der Waals surface area contributed by atoms with E-state index in [-0.39, 0.29) is 29.0 Å². The molecule has 1 saturated carbocycles. The molecule has 0 bridgehead atoms. The number of alkyl halides is 3. The molecule has 1 aromatic heterocycles. The van der Waals surface area contributed by atoms with Crippen LogP contribution in [0.4, 0.5) is 19.0 Å². The Morgan fingerprint density at radius 3 is 2.14 bits per heavy atom. The van der Waals surface area contributed by atoms with Crippen LogP contribution in [-0.4, -0.2) is 24.2 Å². The predicted molar refractivity (Wildman–Crippen MR) is 99.0 cm³/mol. The molecule has 6 nitrogen and oxygen atoms in total. The first-order valence-electron chi connectivity index (χ1n) is 8.98. The lowest BCUT2D eigenvalue weighted by molar-refractivity contribution is -0.137. The van der Waals surface area contributed by atoms with Gasteiger partial charge in [-0.25, -0.2) is 8.42 Å². The van der Waals surface area contributed by atoms with Crippen molar-refractivity contribution in [1.82, 2.24) is 5.16 Å². The van der Waals surface area contributed by atoms with Crippen LogP contribution in [0.1, 0.15) is 51.4 Å². The highest BCUT2D eigenvalue weighted by atomic mass is 32.2. The molecule has 29 heavy (non-hydrogen) atoms. The van der Waals surface area contributed by atoms with Crippen LogP contribution in [0.2, 0.25) is 0 Å². The van der Waals surface area contributed by atoms with Gasteiger partial charge in [-0.1, -0.05) is 25.9 Å². The lowest BCUT2D eigenvalue weighted by atomic mass is 9.83. The third kappa shape index (κ3) is 3.77. The molecule has 1 heterocycles. The number of sulfone groups is 1. The topological polar surface area (TPSA) is 89.3 Å². The van der Waals surface area contributed by atoms with Crippen LogP contribution in [0.25, 0.3) is 0 Å². The predicted octanol–water partition coefficient (Wildman–Crippen LogP) is 4.33. The van der Waals surface area contributed by atoms with E-state index in [0.717, 1.165) is 12.1 Å². The molecule has 0 aliphatic heterocycles. The van der Waals surface area contributed by atoms with Gasteiger partial charge in [-0.2, -0.15) is 13.2 Å². The number of hydrogen-bond acceptors (Lipinski definition) is 5. The smallest absolute Gasteiger partial charge is 0.359 e. The van der Waals surface area contributed by atoms with Crippen molar-refractivity contribution >= 4 is 21.6 Å². The number of nitrogens with one attached hydrogen (secondary N) is 1. The van der Waals surface area contributed by atoms with E-state index in [9.17, 15) is 26.4 Å². The summed E-state index contributed by atoms with van der Waals surface area (Å²) < 4.78 is 67.9. The Morgan fingerprint density at radius 2 is 1.72 bits per heavy atom. The first-order chi connectivity index (χ1) is 13.3. The minimum atomic E-state index is -4.58. The van der Waals surface area contributed by atoms with Gasteiger partial charge in [-0.15, -0.1) is 0 Å². The van der Waals surface area contributed by atoms with Gasteiger partial charge in [0.2, 0.25) is 5.91 Å². The van der Waals surface area contributed by atoms with Crippen molar-refractivity contribution < 1.29 is 30.9 Å². The highest BCUT2D eigenvalue weighted by Crippen LogP contribution is 2.44. The van der Waals surface area contributed by atoms with Crippen LogP contribution in [0.3, 0.4) is 0 Å². The normalized spacial score (nSPS) is 16.9. The van der Waals surface area contributed by atoms with Crippen molar-refractivity contribution in [3.05, 3.63) is 41.7 Å². The van der Waals surface area contributed by atoms with Gasteiger partial charge in [0.15, 0.2) is 20.4 Å². The molecule has 10 heteroatoms. The maximum absolute atomic E-state index is 13.1. The summed E-state index contributed by atoms with van der Waals surface area (Å²) in [4.78, 5) is 12.5. The van der Waals surface area contributed by atoms with E-state index in [1.165, 1.54) is 6.07 Å². The Bertz CT molecular complexity index is 1010. The van der Waals surface area contributed by atoms with E-state index >= 15 is 0 Å². The van der Waals surface area contributed by atoms with E-state index < -0.39 is 32.2 Å². The van der Waals surface area contributed by atoms with Crippen LogP contribution >= 0.6 is 0 Å². The van der Waals surface area contributed by atoms with Crippen molar-refractivity contribution in [3.63, 3.8) is 0 Å². The number of benzene rings is 1. The molecule has 3 rings (SSSR count). The number of rotatable bonds is 4. The molecule has 2 aromatic rings. The van der Waals surface area contributed by atoms with E-state index in [1.54, 1.807) is 0 Å². The van der Waals surface area contributed by atoms with Crippen molar-refractivity contribution in [1.29, 1.82) is 0 Å². The van der Waals surface area contributed by atoms with Crippen LogP contribution < -0.4 is 5.32 Å². The average molecular weight is 430 g/mol. The minimum Gasteiger partial charge on any atom is -0.359 e. The molecular formula is C19H21F3N2O4S. The van der Waals surface area contributed by atoms with Gasteiger partial charge in [-0.3, -0.25) is 4.79 Å². The second kappa shape index (κ2) is 6.86. The summed E-state index contributed by atoms with van der Waals surface area (Å²) >= 11 is 0. The van der Waals surface area contributed by atoms with Gasteiger partial charge >= 0.3 is 6.18 Å².